The van der Waals surface area contributed by atoms with Crippen molar-refractivity contribution in [3.63, 3.8) is 0 Å². The Hall–Kier alpha value is -7.77. The molecule has 0 aliphatic rings. The van der Waals surface area contributed by atoms with E-state index in [4.69, 9.17) is 14.2 Å². The second kappa shape index (κ2) is 23.8. The molecule has 0 unspecified atom stereocenters. The van der Waals surface area contributed by atoms with Gasteiger partial charge in [-0.3, -0.25) is 19.4 Å². The number of carbonyl (C=O) groups excluding carboxylic acids is 2. The number of aromatic hydroxyl groups is 1. The summed E-state index contributed by atoms with van der Waals surface area (Å²) in [4.78, 5) is 39.9. The molecule has 2 amide bonds. The molecule has 0 fully saturated rings. The first-order chi connectivity index (χ1) is 36.0. The number of fused-ring (bicyclic) bond motifs is 2. The zero-order valence-corrected chi connectivity index (χ0v) is 46.4. The number of amides is 2. The zero-order valence-electron chi connectivity index (χ0n) is 45.6. The molecule has 0 aliphatic heterocycles. The summed E-state index contributed by atoms with van der Waals surface area (Å²) in [6, 6.07) is 43.1. The van der Waals surface area contributed by atoms with Crippen LogP contribution in [0.4, 0.5) is 11.6 Å². The van der Waals surface area contributed by atoms with Crippen molar-refractivity contribution in [1.29, 1.82) is 0 Å². The summed E-state index contributed by atoms with van der Waals surface area (Å²) in [6.45, 7) is 17.2. The number of rotatable bonds is 16. The molecule has 8 rings (SSSR count). The Kier molecular flexibility index (Phi) is 17.6. The molecule has 0 atom stereocenters. The lowest BCUT2D eigenvalue weighted by Crippen LogP contribution is -2.34. The Labute approximate surface area is 448 Å². The van der Waals surface area contributed by atoms with E-state index in [0.717, 1.165) is 77.6 Å². The molecule has 6 aromatic carbocycles. The average molecular weight is 1040 g/mol. The van der Waals surface area contributed by atoms with Crippen molar-refractivity contribution in [2.75, 3.05) is 42.6 Å². The molecule has 0 spiro atoms. The number of sulfone groups is 1. The van der Waals surface area contributed by atoms with E-state index < -0.39 is 9.84 Å². The van der Waals surface area contributed by atoms with Gasteiger partial charge in [0.25, 0.3) is 0 Å². The summed E-state index contributed by atoms with van der Waals surface area (Å²) in [6.07, 6.45) is 5.31. The Morgan fingerprint density at radius 2 is 0.974 bits per heavy atom. The van der Waals surface area contributed by atoms with Gasteiger partial charge in [-0.05, 0) is 153 Å². The van der Waals surface area contributed by atoms with E-state index in [0.29, 0.717) is 43.3 Å². The van der Waals surface area contributed by atoms with Gasteiger partial charge in [-0.25, -0.2) is 18.4 Å². The van der Waals surface area contributed by atoms with Gasteiger partial charge in [0.2, 0.25) is 11.8 Å². The molecule has 396 valence electrons. The largest absolute Gasteiger partial charge is 0.508 e. The molecule has 1 N–H and O–H groups in total. The molecule has 2 heterocycles. The van der Waals surface area contributed by atoms with Crippen LogP contribution in [0, 0.1) is 24.7 Å². The molecule has 0 saturated heterocycles. The van der Waals surface area contributed by atoms with Crippen LogP contribution < -0.4 is 24.0 Å². The number of benzene rings is 6. The quantitative estimate of drug-likeness (QED) is 0.0991. The second-order valence-electron chi connectivity index (χ2n) is 21.7. The van der Waals surface area contributed by atoms with Crippen LogP contribution in [-0.2, 0) is 32.5 Å². The molecule has 0 bridgehead atoms. The number of pyridine rings is 2. The Morgan fingerprint density at radius 3 is 1.38 bits per heavy atom. The van der Waals surface area contributed by atoms with Gasteiger partial charge in [-0.1, -0.05) is 102 Å². The van der Waals surface area contributed by atoms with Crippen molar-refractivity contribution >= 4 is 54.8 Å². The number of ether oxygens (including phenoxy) is 3. The van der Waals surface area contributed by atoms with Crippen LogP contribution >= 0.6 is 0 Å². The first-order valence-corrected chi connectivity index (χ1v) is 27.4. The lowest BCUT2D eigenvalue weighted by molar-refractivity contribution is -0.121. The van der Waals surface area contributed by atoms with Crippen molar-refractivity contribution in [2.24, 2.45) is 10.8 Å². The fourth-order valence-electron chi connectivity index (χ4n) is 8.87. The predicted octanol–water partition coefficient (Wildman–Crippen LogP) is 13.5. The van der Waals surface area contributed by atoms with Crippen molar-refractivity contribution in [2.45, 2.75) is 81.3 Å². The number of nitrogens with zero attached hydrogens (tertiary/aromatic N) is 4. The van der Waals surface area contributed by atoms with Crippen molar-refractivity contribution in [3.8, 4) is 45.3 Å². The minimum atomic E-state index is -3.12. The molecular weight excluding hydrogens is 973 g/mol. The van der Waals surface area contributed by atoms with E-state index in [-0.39, 0.29) is 40.8 Å². The van der Waals surface area contributed by atoms with Crippen LogP contribution in [0.3, 0.4) is 0 Å². The predicted molar refractivity (Wildman–Crippen MR) is 307 cm³/mol. The molecule has 0 aliphatic carbocycles. The van der Waals surface area contributed by atoms with Gasteiger partial charge in [0, 0.05) is 42.3 Å². The topological polar surface area (TPSA) is 148 Å². The second-order valence-corrected chi connectivity index (χ2v) is 24.0. The van der Waals surface area contributed by atoms with Crippen LogP contribution in [0.1, 0.15) is 76.6 Å². The highest BCUT2D eigenvalue weighted by molar-refractivity contribution is 7.90. The average Bonchev–Trinajstić information content (AvgIpc) is 3.36. The molecule has 2 aromatic heterocycles. The van der Waals surface area contributed by atoms with E-state index in [2.05, 4.69) is 85.3 Å². The first kappa shape index (κ1) is 56.0. The Bertz CT molecular complexity index is 3460. The van der Waals surface area contributed by atoms with Crippen molar-refractivity contribution in [1.82, 2.24) is 9.97 Å². The van der Waals surface area contributed by atoms with Crippen LogP contribution in [0.25, 0.3) is 43.8 Å². The minimum Gasteiger partial charge on any atom is -0.508 e. The van der Waals surface area contributed by atoms with Gasteiger partial charge in [0.05, 0.1) is 33.1 Å². The fourth-order valence-corrected chi connectivity index (χ4v) is 9.25. The third-order valence-corrected chi connectivity index (χ3v) is 13.6. The van der Waals surface area contributed by atoms with Crippen LogP contribution in [0.15, 0.2) is 146 Å². The van der Waals surface area contributed by atoms with E-state index in [1.54, 1.807) is 54.6 Å². The highest BCUT2D eigenvalue weighted by Gasteiger charge is 2.27. The standard InChI is InChI=1S/C33H38N2O5S.C30H32N2O3/c1-23-19-26(11-14-30(23)39-5)25-9-7-24(8-10-25)22-35(31(36)21-33(2,3)4)32-29-13-12-28(20-27(29)15-16-34-32)40-17-18-41(6,37)38;1-20-16-23(10-13-27(20)35-5)22-8-6-21(7-9-22)19-32(28(34)18-30(2,3)4)29-26-12-11-25(33)17-24(26)14-15-31-29/h7-16,19-20H,17-18,21-22H2,1-6H3;6-17,33H,18-19H2,1-5H3. The summed E-state index contributed by atoms with van der Waals surface area (Å²) >= 11 is 0. The molecular formula is C63H70N4O8S. The maximum Gasteiger partial charge on any atom is 0.229 e. The van der Waals surface area contributed by atoms with Crippen molar-refractivity contribution in [3.05, 3.63) is 168 Å². The maximum absolute atomic E-state index is 13.7. The molecule has 0 saturated carbocycles. The highest BCUT2D eigenvalue weighted by Crippen LogP contribution is 2.35. The van der Waals surface area contributed by atoms with Gasteiger partial charge in [-0.15, -0.1) is 0 Å². The van der Waals surface area contributed by atoms with E-state index >= 15 is 0 Å². The number of methoxy groups -OCH3 is 2. The molecule has 12 nitrogen and oxygen atoms in total. The summed E-state index contributed by atoms with van der Waals surface area (Å²) < 4.78 is 39.4. The summed E-state index contributed by atoms with van der Waals surface area (Å²) in [5, 5.41) is 13.3. The van der Waals surface area contributed by atoms with E-state index in [1.165, 1.54) is 6.26 Å². The number of carbonyl (C=O) groups is 2. The Balaban J connectivity index is 0.000000224. The van der Waals surface area contributed by atoms with Crippen LogP contribution in [-0.4, -0.2) is 68.1 Å². The number of aromatic nitrogens is 2. The van der Waals surface area contributed by atoms with E-state index in [1.807, 2.05) is 95.3 Å². The van der Waals surface area contributed by atoms with Gasteiger partial charge >= 0.3 is 0 Å². The fraction of sp³-hybridized carbons (Fsp3) is 0.302. The van der Waals surface area contributed by atoms with Crippen LogP contribution in [0.5, 0.6) is 23.0 Å². The number of hydrogen-bond donors (Lipinski definition) is 1. The monoisotopic (exact) mass is 1040 g/mol. The molecule has 8 aromatic rings. The lowest BCUT2D eigenvalue weighted by Gasteiger charge is -2.27. The zero-order chi connectivity index (χ0) is 55.0. The molecule has 13 heteroatoms. The summed E-state index contributed by atoms with van der Waals surface area (Å²) in [5.74, 6) is 3.60. The third kappa shape index (κ3) is 15.0. The Morgan fingerprint density at radius 1 is 0.553 bits per heavy atom. The normalized spacial score (nSPS) is 11.7. The molecule has 76 heavy (non-hydrogen) atoms. The van der Waals surface area contributed by atoms with Crippen molar-refractivity contribution < 1.29 is 37.3 Å². The number of hydrogen-bond acceptors (Lipinski definition) is 10. The minimum absolute atomic E-state index is 0.0131. The molecule has 0 radical (unpaired) electrons. The first-order valence-electron chi connectivity index (χ1n) is 25.3. The maximum atomic E-state index is 13.7. The summed E-state index contributed by atoms with van der Waals surface area (Å²) in [7, 11) is 0.231. The lowest BCUT2D eigenvalue weighted by atomic mass is 9.91. The summed E-state index contributed by atoms with van der Waals surface area (Å²) in [5.41, 5.74) is 8.20. The SMILES string of the molecule is COc1ccc(-c2ccc(CN(C(=O)CC(C)(C)C)c3nccc4cc(O)ccc34)cc2)cc1C.COc1ccc(-c2ccc(CN(C(=O)CC(C)(C)C)c3nccc4cc(OCCS(C)(=O)=O)ccc34)cc2)cc1C. The smallest absolute Gasteiger partial charge is 0.229 e. The third-order valence-electron chi connectivity index (χ3n) is 12.7. The van der Waals surface area contributed by atoms with Gasteiger partial charge in [-0.2, -0.15) is 0 Å². The van der Waals surface area contributed by atoms with Gasteiger partial charge in [0.1, 0.15) is 41.2 Å². The number of anilines is 2. The van der Waals surface area contributed by atoms with Gasteiger partial charge in [0.15, 0.2) is 9.84 Å². The highest BCUT2D eigenvalue weighted by atomic mass is 32.2. The van der Waals surface area contributed by atoms with E-state index in [9.17, 15) is 23.1 Å². The van der Waals surface area contributed by atoms with Gasteiger partial charge < -0.3 is 19.3 Å². The van der Waals surface area contributed by atoms with Crippen LogP contribution in [0.2, 0.25) is 0 Å². The number of aryl methyl sites for hydroxylation is 2. The number of phenolic OH excluding ortho intramolecular Hbond substituents is 1. The number of phenols is 1.